The molecule has 0 spiro atoms. The molecular formula is C23H29F3N4O2. The van der Waals surface area contributed by atoms with Crippen LogP contribution in [0.3, 0.4) is 0 Å². The maximum Gasteiger partial charge on any atom is 0.416 e. The minimum atomic E-state index is -4.45. The van der Waals surface area contributed by atoms with E-state index < -0.39 is 11.7 Å². The van der Waals surface area contributed by atoms with E-state index in [1.54, 1.807) is 20.2 Å². The van der Waals surface area contributed by atoms with Gasteiger partial charge in [0.05, 0.1) is 12.7 Å². The van der Waals surface area contributed by atoms with Crippen LogP contribution in [0, 0.1) is 0 Å². The molecule has 2 aromatic rings. The van der Waals surface area contributed by atoms with Crippen LogP contribution in [0.1, 0.15) is 16.7 Å². The zero-order chi connectivity index (χ0) is 23.3. The van der Waals surface area contributed by atoms with Crippen molar-refractivity contribution in [3.8, 4) is 5.75 Å². The first-order valence-electron chi connectivity index (χ1n) is 10.4. The molecule has 2 amide bonds. The third kappa shape index (κ3) is 6.29. The van der Waals surface area contributed by atoms with Gasteiger partial charge >= 0.3 is 12.2 Å². The number of benzene rings is 2. The Balaban J connectivity index is 1.68. The van der Waals surface area contributed by atoms with Crippen LogP contribution in [0.5, 0.6) is 5.75 Å². The summed E-state index contributed by atoms with van der Waals surface area (Å²) in [7, 11) is 5.20. The molecule has 0 radical (unpaired) electrons. The molecule has 1 aliphatic heterocycles. The van der Waals surface area contributed by atoms with Crippen LogP contribution in [0.15, 0.2) is 42.5 Å². The van der Waals surface area contributed by atoms with Gasteiger partial charge in [0.2, 0.25) is 0 Å². The highest BCUT2D eigenvalue weighted by atomic mass is 19.4. The largest absolute Gasteiger partial charge is 0.497 e. The Morgan fingerprint density at radius 1 is 1.09 bits per heavy atom. The van der Waals surface area contributed by atoms with Crippen LogP contribution in [0.25, 0.3) is 0 Å². The average molecular weight is 451 g/mol. The standard InChI is InChI=1S/C23H29F3N4O2/c1-28-7-9-30(10-8-28)20-12-18(11-19(14-20)23(24,25)26)15-27-22(31)29(2)16-17-5-4-6-21(13-17)32-3/h4-6,11-14H,7-10,15-16H2,1-3H3,(H,27,31). The number of nitrogens with one attached hydrogen (secondary N) is 1. The summed E-state index contributed by atoms with van der Waals surface area (Å²) in [5.74, 6) is 0.691. The number of hydrogen-bond donors (Lipinski definition) is 1. The Morgan fingerprint density at radius 3 is 2.47 bits per heavy atom. The van der Waals surface area contributed by atoms with E-state index in [4.69, 9.17) is 4.74 Å². The van der Waals surface area contributed by atoms with Gasteiger partial charge in [-0.3, -0.25) is 0 Å². The first-order valence-corrected chi connectivity index (χ1v) is 10.4. The topological polar surface area (TPSA) is 48.1 Å². The summed E-state index contributed by atoms with van der Waals surface area (Å²) in [5.41, 5.74) is 1.13. The Bertz CT molecular complexity index is 928. The van der Waals surface area contributed by atoms with Gasteiger partial charge in [-0.15, -0.1) is 0 Å². The van der Waals surface area contributed by atoms with E-state index in [0.717, 1.165) is 24.7 Å². The molecule has 6 nitrogen and oxygen atoms in total. The second-order valence-electron chi connectivity index (χ2n) is 8.04. The second kappa shape index (κ2) is 10.1. The van der Waals surface area contributed by atoms with Gasteiger partial charge in [0.25, 0.3) is 0 Å². The molecule has 0 bridgehead atoms. The van der Waals surface area contributed by atoms with Crippen LogP contribution in [-0.2, 0) is 19.3 Å². The van der Waals surface area contributed by atoms with Gasteiger partial charge in [-0.25, -0.2) is 4.79 Å². The molecule has 0 atom stereocenters. The van der Waals surface area contributed by atoms with Gasteiger partial charge in [-0.05, 0) is 48.5 Å². The fourth-order valence-corrected chi connectivity index (χ4v) is 3.62. The Labute approximate surface area is 186 Å². The van der Waals surface area contributed by atoms with Crippen molar-refractivity contribution in [3.05, 3.63) is 59.2 Å². The molecule has 1 N–H and O–H groups in total. The Hall–Kier alpha value is -2.94. The number of rotatable bonds is 6. The summed E-state index contributed by atoms with van der Waals surface area (Å²) < 4.78 is 45.6. The van der Waals surface area contributed by atoms with Crippen molar-refractivity contribution in [2.45, 2.75) is 19.3 Å². The number of carbonyl (C=O) groups is 1. The molecule has 3 rings (SSSR count). The van der Waals surface area contributed by atoms with Crippen molar-refractivity contribution in [3.63, 3.8) is 0 Å². The number of carbonyl (C=O) groups excluding carboxylic acids is 1. The maximum atomic E-state index is 13.5. The minimum Gasteiger partial charge on any atom is -0.497 e. The van der Waals surface area contributed by atoms with Crippen molar-refractivity contribution in [1.29, 1.82) is 0 Å². The summed E-state index contributed by atoms with van der Waals surface area (Å²) in [5, 5.41) is 2.73. The van der Waals surface area contributed by atoms with Crippen LogP contribution in [0.2, 0.25) is 0 Å². The minimum absolute atomic E-state index is 0.00590. The Morgan fingerprint density at radius 2 is 1.81 bits per heavy atom. The first kappa shape index (κ1) is 23.7. The fraction of sp³-hybridized carbons (Fsp3) is 0.435. The average Bonchev–Trinajstić information content (AvgIpc) is 2.77. The molecule has 9 heteroatoms. The zero-order valence-corrected chi connectivity index (χ0v) is 18.6. The highest BCUT2D eigenvalue weighted by Gasteiger charge is 2.32. The summed E-state index contributed by atoms with van der Waals surface area (Å²) in [6, 6.07) is 11.0. The SMILES string of the molecule is COc1cccc(CN(C)C(=O)NCc2cc(N3CCN(C)CC3)cc(C(F)(F)F)c2)c1. The number of likely N-dealkylation sites (N-methyl/N-ethyl adjacent to an activating group) is 1. The predicted molar refractivity (Wildman–Crippen MR) is 118 cm³/mol. The summed E-state index contributed by atoms with van der Waals surface area (Å²) >= 11 is 0. The molecule has 0 unspecified atom stereocenters. The van der Waals surface area contributed by atoms with Crippen molar-refractivity contribution >= 4 is 11.7 Å². The van der Waals surface area contributed by atoms with E-state index in [1.807, 2.05) is 36.2 Å². The van der Waals surface area contributed by atoms with Crippen molar-refractivity contribution in [2.24, 2.45) is 0 Å². The van der Waals surface area contributed by atoms with Crippen molar-refractivity contribution in [1.82, 2.24) is 15.1 Å². The molecular weight excluding hydrogens is 421 g/mol. The summed E-state index contributed by atoms with van der Waals surface area (Å²) in [6.45, 7) is 3.25. The third-order valence-electron chi connectivity index (χ3n) is 5.52. The zero-order valence-electron chi connectivity index (χ0n) is 18.6. The van der Waals surface area contributed by atoms with Gasteiger partial charge < -0.3 is 24.8 Å². The molecule has 1 aliphatic rings. The number of anilines is 1. The van der Waals surface area contributed by atoms with E-state index in [2.05, 4.69) is 10.2 Å². The first-order chi connectivity index (χ1) is 15.2. The lowest BCUT2D eigenvalue weighted by Gasteiger charge is -2.34. The van der Waals surface area contributed by atoms with Gasteiger partial charge in [-0.2, -0.15) is 13.2 Å². The van der Waals surface area contributed by atoms with Crippen molar-refractivity contribution < 1.29 is 22.7 Å². The van der Waals surface area contributed by atoms with Crippen molar-refractivity contribution in [2.75, 3.05) is 52.3 Å². The quantitative estimate of drug-likeness (QED) is 0.727. The lowest BCUT2D eigenvalue weighted by molar-refractivity contribution is -0.137. The number of ether oxygens (including phenoxy) is 1. The number of piperazine rings is 1. The third-order valence-corrected chi connectivity index (χ3v) is 5.52. The molecule has 0 aliphatic carbocycles. The highest BCUT2D eigenvalue weighted by molar-refractivity contribution is 5.74. The van der Waals surface area contributed by atoms with E-state index in [-0.39, 0.29) is 12.6 Å². The molecule has 2 aromatic carbocycles. The van der Waals surface area contributed by atoms with Crippen LogP contribution >= 0.6 is 0 Å². The van der Waals surface area contributed by atoms with E-state index in [0.29, 0.717) is 36.6 Å². The number of alkyl halides is 3. The molecule has 1 saturated heterocycles. The second-order valence-corrected chi connectivity index (χ2v) is 8.04. The monoisotopic (exact) mass is 450 g/mol. The molecule has 32 heavy (non-hydrogen) atoms. The molecule has 0 saturated carbocycles. The molecule has 174 valence electrons. The normalized spacial score (nSPS) is 14.9. The number of nitrogens with zero attached hydrogens (tertiary/aromatic N) is 3. The van der Waals surface area contributed by atoms with Crippen LogP contribution in [-0.4, -0.2) is 63.2 Å². The lowest BCUT2D eigenvalue weighted by atomic mass is 10.1. The number of amides is 2. The van der Waals surface area contributed by atoms with Gasteiger partial charge in [-0.1, -0.05) is 12.1 Å². The molecule has 1 heterocycles. The van der Waals surface area contributed by atoms with Gasteiger partial charge in [0.15, 0.2) is 0 Å². The summed E-state index contributed by atoms with van der Waals surface area (Å²) in [4.78, 5) is 18.1. The number of urea groups is 1. The molecule has 0 aromatic heterocycles. The van der Waals surface area contributed by atoms with Gasteiger partial charge in [0.1, 0.15) is 5.75 Å². The smallest absolute Gasteiger partial charge is 0.416 e. The number of halogens is 3. The lowest BCUT2D eigenvalue weighted by Crippen LogP contribution is -2.44. The summed E-state index contributed by atoms with van der Waals surface area (Å²) in [6.07, 6.45) is -4.45. The van der Waals surface area contributed by atoms with Crippen LogP contribution < -0.4 is 15.0 Å². The fourth-order valence-electron chi connectivity index (χ4n) is 3.62. The predicted octanol–water partition coefficient (Wildman–Crippen LogP) is 3.81. The van der Waals surface area contributed by atoms with Gasteiger partial charge in [0, 0.05) is 52.0 Å². The van der Waals surface area contributed by atoms with Crippen LogP contribution in [0.4, 0.5) is 23.7 Å². The molecule has 1 fully saturated rings. The highest BCUT2D eigenvalue weighted by Crippen LogP contribution is 2.33. The number of hydrogen-bond acceptors (Lipinski definition) is 4. The van der Waals surface area contributed by atoms with E-state index >= 15 is 0 Å². The van der Waals surface area contributed by atoms with E-state index in [1.165, 1.54) is 11.0 Å². The number of methoxy groups -OCH3 is 1. The maximum absolute atomic E-state index is 13.5. The Kier molecular flexibility index (Phi) is 7.50. The van der Waals surface area contributed by atoms with E-state index in [9.17, 15) is 18.0 Å².